The van der Waals surface area contributed by atoms with Crippen molar-refractivity contribution in [3.8, 4) is 0 Å². The van der Waals surface area contributed by atoms with Crippen molar-refractivity contribution in [2.24, 2.45) is 5.10 Å². The zero-order valence-corrected chi connectivity index (χ0v) is 26.1. The molecule has 10 nitrogen and oxygen atoms in total. The molecule has 2 N–H and O–H groups in total. The van der Waals surface area contributed by atoms with Gasteiger partial charge in [-0.3, -0.25) is 10.1 Å². The van der Waals surface area contributed by atoms with Gasteiger partial charge in [-0.15, -0.1) is 10.2 Å². The van der Waals surface area contributed by atoms with Crippen molar-refractivity contribution in [3.05, 3.63) is 160 Å². The zero-order chi connectivity index (χ0) is 32.7. The van der Waals surface area contributed by atoms with E-state index in [0.717, 1.165) is 33.9 Å². The predicted molar refractivity (Wildman–Crippen MR) is 180 cm³/mol. The van der Waals surface area contributed by atoms with Gasteiger partial charge in [-0.25, -0.2) is 8.42 Å². The third-order valence-electron chi connectivity index (χ3n) is 7.56. The number of rotatable bonds is 7. The predicted octanol–water partition coefficient (Wildman–Crippen LogP) is 6.13. The number of fused-ring (bicyclic) bond motifs is 1. The quantitative estimate of drug-likeness (QED) is 0.0848. The molecule has 2 aliphatic rings. The summed E-state index contributed by atoms with van der Waals surface area (Å²) in [6.45, 7) is 3.62. The highest BCUT2D eigenvalue weighted by Gasteiger charge is 2.39. The molecule has 234 valence electrons. The summed E-state index contributed by atoms with van der Waals surface area (Å²) in [6.07, 6.45) is 10.7. The number of nitrogens with two attached hydrogens (primary N) is 1. The SMILES string of the molecule is CC=Cc1cccc2c1C=CCC2(C=CC)S(=O)(=O)[O-].O=[N+]([O-])c1ccc(N2[NH2+]C(c3ccccc3)=NN2c2ccccc2)cc1. The molecule has 0 aromatic heterocycles. The molecule has 6 rings (SSSR count). The summed E-state index contributed by atoms with van der Waals surface area (Å²) in [6, 6.07) is 31.5. The molecule has 46 heavy (non-hydrogen) atoms. The molecular formula is C35H33N5O5S. The van der Waals surface area contributed by atoms with Gasteiger partial charge in [0.05, 0.1) is 16.2 Å². The number of hydrogen-bond donors (Lipinski definition) is 1. The molecule has 0 amide bonds. The first-order chi connectivity index (χ1) is 22.2. The smallest absolute Gasteiger partial charge is 0.277 e. The maximum atomic E-state index is 11.9. The van der Waals surface area contributed by atoms with Crippen LogP contribution < -0.4 is 15.7 Å². The molecule has 1 atom stereocenters. The fourth-order valence-electron chi connectivity index (χ4n) is 5.41. The van der Waals surface area contributed by atoms with Crippen molar-refractivity contribution in [2.75, 3.05) is 10.2 Å². The van der Waals surface area contributed by atoms with Gasteiger partial charge in [0.25, 0.3) is 11.5 Å². The molecule has 11 heteroatoms. The Labute approximate surface area is 268 Å². The van der Waals surface area contributed by atoms with Crippen LogP contribution in [0.4, 0.5) is 17.1 Å². The molecule has 0 saturated carbocycles. The van der Waals surface area contributed by atoms with E-state index < -0.39 is 19.8 Å². The summed E-state index contributed by atoms with van der Waals surface area (Å²) >= 11 is 0. The van der Waals surface area contributed by atoms with Crippen LogP contribution in [-0.2, 0) is 14.9 Å². The maximum absolute atomic E-state index is 11.9. The summed E-state index contributed by atoms with van der Waals surface area (Å²) in [4.78, 5) is 10.5. The summed E-state index contributed by atoms with van der Waals surface area (Å²) in [7, 11) is -4.51. The number of allylic oxidation sites excluding steroid dienone is 3. The Balaban J connectivity index is 0.000000188. The van der Waals surface area contributed by atoms with Crippen LogP contribution in [0.3, 0.4) is 0 Å². The molecule has 1 unspecified atom stereocenters. The Kier molecular flexibility index (Phi) is 9.57. The third-order valence-corrected chi connectivity index (χ3v) is 8.98. The fraction of sp³-hybridized carbons (Fsp3) is 0.114. The number of hydrazine groups is 1. The van der Waals surface area contributed by atoms with E-state index in [4.69, 9.17) is 5.10 Å². The first-order valence-electron chi connectivity index (χ1n) is 14.6. The minimum Gasteiger partial charge on any atom is -0.747 e. The molecule has 0 fully saturated rings. The second kappa shape index (κ2) is 13.7. The van der Waals surface area contributed by atoms with Crippen molar-refractivity contribution in [3.63, 3.8) is 0 Å². The molecule has 0 spiro atoms. The largest absolute Gasteiger partial charge is 0.747 e. The van der Waals surface area contributed by atoms with Crippen molar-refractivity contribution >= 4 is 45.2 Å². The van der Waals surface area contributed by atoms with Gasteiger partial charge in [0, 0.05) is 12.1 Å². The maximum Gasteiger partial charge on any atom is 0.277 e. The van der Waals surface area contributed by atoms with Crippen molar-refractivity contribution in [1.29, 1.82) is 0 Å². The number of nitrogens with zero attached hydrogens (tertiary/aromatic N) is 4. The van der Waals surface area contributed by atoms with Crippen molar-refractivity contribution in [2.45, 2.75) is 25.0 Å². The van der Waals surface area contributed by atoms with Crippen LogP contribution in [0.1, 0.15) is 42.5 Å². The topological polar surface area (TPSA) is 136 Å². The summed E-state index contributed by atoms with van der Waals surface area (Å²) in [5, 5.41) is 19.3. The van der Waals surface area contributed by atoms with Gasteiger partial charge in [0.15, 0.2) is 0 Å². The molecule has 0 bridgehead atoms. The first-order valence-corrected chi connectivity index (χ1v) is 16.0. The van der Waals surface area contributed by atoms with Gasteiger partial charge in [-0.05, 0) is 73.4 Å². The molecule has 1 heterocycles. The zero-order valence-electron chi connectivity index (χ0n) is 25.3. The summed E-state index contributed by atoms with van der Waals surface area (Å²) in [5.74, 6) is 0.813. The van der Waals surface area contributed by atoms with E-state index in [9.17, 15) is 23.1 Å². The van der Waals surface area contributed by atoms with Crippen LogP contribution in [0.5, 0.6) is 0 Å². The number of amidine groups is 1. The van der Waals surface area contributed by atoms with Crippen LogP contribution in [0, 0.1) is 10.1 Å². The lowest BCUT2D eigenvalue weighted by atomic mass is 9.83. The van der Waals surface area contributed by atoms with E-state index in [1.54, 1.807) is 48.5 Å². The molecule has 4 aromatic carbocycles. The van der Waals surface area contributed by atoms with Gasteiger partial charge in [-0.1, -0.05) is 96.2 Å². The number of hydrogen-bond acceptors (Lipinski definition) is 8. The van der Waals surface area contributed by atoms with Crippen LogP contribution in [0.25, 0.3) is 12.2 Å². The number of nitro benzene ring substituents is 1. The monoisotopic (exact) mass is 635 g/mol. The van der Waals surface area contributed by atoms with Crippen LogP contribution in [-0.4, -0.2) is 23.7 Å². The number of anilines is 2. The number of benzene rings is 4. The Bertz CT molecular complexity index is 1930. The van der Waals surface area contributed by atoms with E-state index in [1.165, 1.54) is 18.2 Å². The summed E-state index contributed by atoms with van der Waals surface area (Å²) in [5.41, 5.74) is 6.93. The minimum absolute atomic E-state index is 0.0587. The molecular weight excluding hydrogens is 602 g/mol. The van der Waals surface area contributed by atoms with Gasteiger partial charge in [0.2, 0.25) is 0 Å². The average Bonchev–Trinajstić information content (AvgIpc) is 3.52. The fourth-order valence-corrected chi connectivity index (χ4v) is 6.46. The molecule has 0 radical (unpaired) electrons. The molecule has 4 aromatic rings. The molecule has 0 saturated heterocycles. The third kappa shape index (κ3) is 6.52. The van der Waals surface area contributed by atoms with Crippen molar-refractivity contribution in [1.82, 2.24) is 0 Å². The van der Waals surface area contributed by atoms with Crippen LogP contribution >= 0.6 is 0 Å². The van der Waals surface area contributed by atoms with E-state index in [2.05, 4.69) is 0 Å². The molecule has 1 aliphatic carbocycles. The Morgan fingerprint density at radius 1 is 0.870 bits per heavy atom. The number of non-ortho nitro benzene ring substituents is 1. The highest BCUT2D eigenvalue weighted by Crippen LogP contribution is 2.42. The Morgan fingerprint density at radius 2 is 1.54 bits per heavy atom. The highest BCUT2D eigenvalue weighted by molar-refractivity contribution is 7.87. The lowest BCUT2D eigenvalue weighted by Gasteiger charge is -2.37. The Morgan fingerprint density at radius 3 is 2.15 bits per heavy atom. The number of quaternary nitrogens is 1. The van der Waals surface area contributed by atoms with Crippen molar-refractivity contribution < 1.29 is 23.3 Å². The van der Waals surface area contributed by atoms with E-state index in [0.29, 0.717) is 5.56 Å². The first kappa shape index (κ1) is 32.0. The van der Waals surface area contributed by atoms with Gasteiger partial charge in [0.1, 0.15) is 20.6 Å². The van der Waals surface area contributed by atoms with E-state index in [-0.39, 0.29) is 12.1 Å². The Hall–Kier alpha value is -5.36. The standard InChI is InChI=1S/C19H15N5O2.C16H18O3S/c25-24(26)18-13-11-17(12-14-18)23-21-19(15-7-3-1-4-8-15)20-22(23)16-9-5-2-6-10-16;1-3-7-13-8-5-10-15-14(13)9-6-12-16(15,11-4-2)20(17,18)19/h1-14H,(H,20,21);3-11H,12H2,1-2H3,(H,17,18,19). The highest BCUT2D eigenvalue weighted by atomic mass is 32.2. The molecule has 1 aliphatic heterocycles. The van der Waals surface area contributed by atoms with Gasteiger partial charge < -0.3 is 4.55 Å². The second-order valence-electron chi connectivity index (χ2n) is 10.5. The van der Waals surface area contributed by atoms with E-state index >= 15 is 0 Å². The van der Waals surface area contributed by atoms with Gasteiger partial charge in [-0.2, -0.15) is 5.43 Å². The van der Waals surface area contributed by atoms with Gasteiger partial charge >= 0.3 is 0 Å². The normalized spacial score (nSPS) is 17.5. The lowest BCUT2D eigenvalue weighted by molar-refractivity contribution is -0.545. The number of para-hydroxylation sites is 1. The number of hydrazone groups is 1. The lowest BCUT2D eigenvalue weighted by Crippen LogP contribution is -2.96. The van der Waals surface area contributed by atoms with E-state index in [1.807, 2.05) is 102 Å². The summed E-state index contributed by atoms with van der Waals surface area (Å²) < 4.78 is 34.1. The second-order valence-corrected chi connectivity index (χ2v) is 12.1. The van der Waals surface area contributed by atoms with Crippen LogP contribution in [0.2, 0.25) is 0 Å². The minimum atomic E-state index is -4.51. The average molecular weight is 636 g/mol. The number of nitro groups is 1. The van der Waals surface area contributed by atoms with Crippen LogP contribution in [0.15, 0.2) is 133 Å².